The highest BCUT2D eigenvalue weighted by atomic mass is 32.2. The lowest BCUT2D eigenvalue weighted by Crippen LogP contribution is -2.04. The first-order chi connectivity index (χ1) is 8.68. The number of hydrogen-bond donors (Lipinski definition) is 0. The predicted molar refractivity (Wildman–Crippen MR) is 71.8 cm³/mol. The molecule has 0 amide bonds. The van der Waals surface area contributed by atoms with E-state index in [-0.39, 0.29) is 0 Å². The molecule has 2 nitrogen and oxygen atoms in total. The van der Waals surface area contributed by atoms with Gasteiger partial charge in [0.1, 0.15) is 0 Å². The molecule has 1 aliphatic rings. The maximum absolute atomic E-state index is 12.4. The Bertz CT molecular complexity index is 713. The fourth-order valence-electron chi connectivity index (χ4n) is 2.17. The molecule has 90 valence electrons. The largest absolute Gasteiger partial charge is 0.219 e. The van der Waals surface area contributed by atoms with Crippen molar-refractivity contribution in [3.05, 3.63) is 70.6 Å². The van der Waals surface area contributed by atoms with E-state index in [0.717, 1.165) is 11.1 Å². The summed E-state index contributed by atoms with van der Waals surface area (Å²) in [5.74, 6) is 0. The fraction of sp³-hybridized carbons (Fsp3) is 0.0667. The van der Waals surface area contributed by atoms with Crippen LogP contribution in [-0.4, -0.2) is 8.42 Å². The van der Waals surface area contributed by atoms with E-state index in [4.69, 9.17) is 0 Å². The first kappa shape index (κ1) is 11.2. The van der Waals surface area contributed by atoms with Crippen molar-refractivity contribution in [1.29, 1.82) is 0 Å². The van der Waals surface area contributed by atoms with Gasteiger partial charge in [-0.15, -0.1) is 0 Å². The molecule has 3 heteroatoms. The van der Waals surface area contributed by atoms with Crippen LogP contribution in [0.3, 0.4) is 0 Å². The Morgan fingerprint density at radius 3 is 2.22 bits per heavy atom. The van der Waals surface area contributed by atoms with Crippen molar-refractivity contribution >= 4 is 15.9 Å². The van der Waals surface area contributed by atoms with Gasteiger partial charge in [-0.25, -0.2) is 8.42 Å². The Morgan fingerprint density at radius 1 is 0.833 bits per heavy atom. The molecule has 0 unspecified atom stereocenters. The SMILES string of the molecule is O=S(=O)(C1=Cc2ccccc2C1)c1ccccc1. The van der Waals surface area contributed by atoms with Gasteiger partial charge < -0.3 is 0 Å². The monoisotopic (exact) mass is 256 g/mol. The standard InChI is InChI=1S/C15H12O2S/c16-18(17,14-8-2-1-3-9-14)15-10-12-6-4-5-7-13(12)11-15/h1-10H,11H2. The molecule has 0 aliphatic heterocycles. The Morgan fingerprint density at radius 2 is 1.50 bits per heavy atom. The number of hydrogen-bond acceptors (Lipinski definition) is 2. The molecule has 0 spiro atoms. The van der Waals surface area contributed by atoms with Gasteiger partial charge >= 0.3 is 0 Å². The van der Waals surface area contributed by atoms with Crippen molar-refractivity contribution in [2.24, 2.45) is 0 Å². The number of fused-ring (bicyclic) bond motifs is 1. The summed E-state index contributed by atoms with van der Waals surface area (Å²) in [6.07, 6.45) is 2.27. The Balaban J connectivity index is 2.05. The molecule has 0 fully saturated rings. The zero-order valence-electron chi connectivity index (χ0n) is 9.71. The molecule has 0 atom stereocenters. The van der Waals surface area contributed by atoms with E-state index in [2.05, 4.69) is 0 Å². The summed E-state index contributed by atoms with van der Waals surface area (Å²) >= 11 is 0. The molecule has 3 rings (SSSR count). The van der Waals surface area contributed by atoms with E-state index in [1.54, 1.807) is 30.3 Å². The number of allylic oxidation sites excluding steroid dienone is 1. The van der Waals surface area contributed by atoms with Crippen LogP contribution in [-0.2, 0) is 16.3 Å². The minimum absolute atomic E-state index is 0.365. The van der Waals surface area contributed by atoms with Crippen LogP contribution in [0.15, 0.2) is 64.4 Å². The van der Waals surface area contributed by atoms with Crippen LogP contribution in [0, 0.1) is 0 Å². The Hall–Kier alpha value is -1.87. The highest BCUT2D eigenvalue weighted by Crippen LogP contribution is 2.31. The van der Waals surface area contributed by atoms with E-state index in [1.165, 1.54) is 0 Å². The average Bonchev–Trinajstić information content (AvgIpc) is 2.84. The molecule has 0 aromatic heterocycles. The zero-order valence-corrected chi connectivity index (χ0v) is 10.5. The van der Waals surface area contributed by atoms with E-state index < -0.39 is 9.84 Å². The minimum atomic E-state index is -3.35. The lowest BCUT2D eigenvalue weighted by atomic mass is 10.1. The van der Waals surface area contributed by atoms with Crippen molar-refractivity contribution in [3.63, 3.8) is 0 Å². The van der Waals surface area contributed by atoms with Gasteiger partial charge in [-0.1, -0.05) is 42.5 Å². The van der Waals surface area contributed by atoms with E-state index in [9.17, 15) is 8.42 Å². The van der Waals surface area contributed by atoms with E-state index >= 15 is 0 Å². The normalized spacial score (nSPS) is 14.1. The van der Waals surface area contributed by atoms with Crippen molar-refractivity contribution in [3.8, 4) is 0 Å². The molecule has 2 aromatic carbocycles. The van der Waals surface area contributed by atoms with Crippen molar-refractivity contribution < 1.29 is 8.42 Å². The molecule has 1 aliphatic carbocycles. The summed E-state index contributed by atoms with van der Waals surface area (Å²) in [6, 6.07) is 16.4. The van der Waals surface area contributed by atoms with Gasteiger partial charge in [0.05, 0.1) is 9.80 Å². The van der Waals surface area contributed by atoms with Gasteiger partial charge in [-0.3, -0.25) is 0 Å². The molecule has 2 aromatic rings. The molecule has 0 heterocycles. The molecule has 0 radical (unpaired) electrons. The topological polar surface area (TPSA) is 34.1 Å². The molecular weight excluding hydrogens is 244 g/mol. The third-order valence-corrected chi connectivity index (χ3v) is 4.98. The summed E-state index contributed by atoms with van der Waals surface area (Å²) in [5.41, 5.74) is 2.08. The molecular formula is C15H12O2S. The number of sulfone groups is 1. The smallest absolute Gasteiger partial charge is 0.203 e. The van der Waals surface area contributed by atoms with Crippen LogP contribution >= 0.6 is 0 Å². The highest BCUT2D eigenvalue weighted by molar-refractivity contribution is 7.95. The van der Waals surface area contributed by atoms with Gasteiger partial charge in [-0.05, 0) is 29.3 Å². The van der Waals surface area contributed by atoms with Crippen LogP contribution in [0.25, 0.3) is 6.08 Å². The van der Waals surface area contributed by atoms with Crippen LogP contribution in [0.1, 0.15) is 11.1 Å². The Labute approximate surface area is 107 Å². The van der Waals surface area contributed by atoms with Crippen molar-refractivity contribution in [1.82, 2.24) is 0 Å². The second-order valence-electron chi connectivity index (χ2n) is 4.30. The van der Waals surface area contributed by atoms with Crippen LogP contribution in [0.5, 0.6) is 0 Å². The van der Waals surface area contributed by atoms with Gasteiger partial charge in [0.15, 0.2) is 0 Å². The Kier molecular flexibility index (Phi) is 2.56. The van der Waals surface area contributed by atoms with Crippen molar-refractivity contribution in [2.75, 3.05) is 0 Å². The number of benzene rings is 2. The van der Waals surface area contributed by atoms with Gasteiger partial charge in [0, 0.05) is 6.42 Å². The fourth-order valence-corrected chi connectivity index (χ4v) is 3.62. The average molecular weight is 256 g/mol. The second-order valence-corrected chi connectivity index (χ2v) is 6.31. The maximum atomic E-state index is 12.4. The third kappa shape index (κ3) is 1.77. The van der Waals surface area contributed by atoms with E-state index in [0.29, 0.717) is 16.2 Å². The molecule has 0 saturated carbocycles. The van der Waals surface area contributed by atoms with Gasteiger partial charge in [0.25, 0.3) is 0 Å². The highest BCUT2D eigenvalue weighted by Gasteiger charge is 2.25. The summed E-state index contributed by atoms with van der Waals surface area (Å²) < 4.78 is 24.9. The summed E-state index contributed by atoms with van der Waals surface area (Å²) in [7, 11) is -3.35. The predicted octanol–water partition coefficient (Wildman–Crippen LogP) is 3.06. The van der Waals surface area contributed by atoms with Gasteiger partial charge in [-0.2, -0.15) is 0 Å². The maximum Gasteiger partial charge on any atom is 0.203 e. The van der Waals surface area contributed by atoms with Crippen LogP contribution in [0.4, 0.5) is 0 Å². The second kappa shape index (κ2) is 4.10. The quantitative estimate of drug-likeness (QED) is 0.827. The van der Waals surface area contributed by atoms with Gasteiger partial charge in [0.2, 0.25) is 9.84 Å². The third-order valence-electron chi connectivity index (χ3n) is 3.13. The summed E-state index contributed by atoms with van der Waals surface area (Å²) in [6.45, 7) is 0. The molecule has 0 bridgehead atoms. The van der Waals surface area contributed by atoms with Crippen LogP contribution in [0.2, 0.25) is 0 Å². The lowest BCUT2D eigenvalue weighted by molar-refractivity contribution is 0.601. The first-order valence-corrected chi connectivity index (χ1v) is 7.25. The minimum Gasteiger partial charge on any atom is -0.219 e. The lowest BCUT2D eigenvalue weighted by Gasteiger charge is -2.04. The molecule has 0 N–H and O–H groups in total. The summed E-state index contributed by atoms with van der Waals surface area (Å²) in [4.78, 5) is 0.846. The van der Waals surface area contributed by atoms with Crippen molar-refractivity contribution in [2.45, 2.75) is 11.3 Å². The van der Waals surface area contributed by atoms with E-state index in [1.807, 2.05) is 30.3 Å². The molecule has 0 saturated heterocycles. The molecule has 18 heavy (non-hydrogen) atoms. The zero-order chi connectivity index (χ0) is 12.6. The summed E-state index contributed by atoms with van der Waals surface area (Å²) in [5, 5.41) is 0. The van der Waals surface area contributed by atoms with Crippen LogP contribution < -0.4 is 0 Å². The number of rotatable bonds is 2. The first-order valence-electron chi connectivity index (χ1n) is 5.76.